The molecule has 0 aliphatic rings. The summed E-state index contributed by atoms with van der Waals surface area (Å²) in [6, 6.07) is 17.1. The first-order valence-electron chi connectivity index (χ1n) is 9.09. The molecule has 1 unspecified atom stereocenters. The minimum Gasteiger partial charge on any atom is -0.340 e. The second-order valence-electron chi connectivity index (χ2n) is 6.81. The molecule has 0 fully saturated rings. The number of fused-ring (bicyclic) bond motifs is 1. The molecule has 0 spiro atoms. The largest absolute Gasteiger partial charge is 0.340 e. The molecular weight excluding hydrogens is 352 g/mol. The van der Waals surface area contributed by atoms with Gasteiger partial charge in [-0.15, -0.1) is 0 Å². The number of amides is 1. The van der Waals surface area contributed by atoms with Gasteiger partial charge in [0.05, 0.1) is 16.8 Å². The number of para-hydroxylation sites is 1. The second kappa shape index (κ2) is 7.23. The quantitative estimate of drug-likeness (QED) is 0.574. The van der Waals surface area contributed by atoms with Crippen molar-refractivity contribution < 1.29 is 9.32 Å². The molecule has 2 aromatic carbocycles. The average Bonchev–Trinajstić information content (AvgIpc) is 3.14. The van der Waals surface area contributed by atoms with Gasteiger partial charge in [-0.2, -0.15) is 4.98 Å². The Balaban J connectivity index is 1.74. The molecule has 1 amide bonds. The number of aryl methyl sites for hydroxylation is 2. The minimum absolute atomic E-state index is 0.213. The highest BCUT2D eigenvalue weighted by Crippen LogP contribution is 2.25. The number of pyridine rings is 1. The topological polar surface area (TPSA) is 80.9 Å². The lowest BCUT2D eigenvalue weighted by Gasteiger charge is -2.13. The van der Waals surface area contributed by atoms with Crippen molar-refractivity contribution in [2.75, 3.05) is 0 Å². The third kappa shape index (κ3) is 3.49. The van der Waals surface area contributed by atoms with Gasteiger partial charge in [-0.3, -0.25) is 4.79 Å². The number of hydrogen-bond donors (Lipinski definition) is 1. The summed E-state index contributed by atoms with van der Waals surface area (Å²) in [5.41, 5.74) is 4.22. The van der Waals surface area contributed by atoms with Gasteiger partial charge in [-0.1, -0.05) is 53.2 Å². The fourth-order valence-corrected chi connectivity index (χ4v) is 3.06. The van der Waals surface area contributed by atoms with Gasteiger partial charge in [0.15, 0.2) is 5.82 Å². The van der Waals surface area contributed by atoms with Crippen molar-refractivity contribution in [1.29, 1.82) is 0 Å². The summed E-state index contributed by atoms with van der Waals surface area (Å²) in [5, 5.41) is 7.52. The van der Waals surface area contributed by atoms with Crippen LogP contribution in [0.1, 0.15) is 40.6 Å². The van der Waals surface area contributed by atoms with Crippen LogP contribution in [-0.4, -0.2) is 21.0 Å². The molecule has 6 heteroatoms. The third-order valence-electron chi connectivity index (χ3n) is 4.57. The van der Waals surface area contributed by atoms with Crippen LogP contribution in [0.2, 0.25) is 0 Å². The molecule has 0 aliphatic carbocycles. The maximum Gasteiger partial charge on any atom is 0.252 e. The Bertz CT molecular complexity index is 1150. The fourth-order valence-electron chi connectivity index (χ4n) is 3.06. The molecule has 140 valence electrons. The molecule has 0 aliphatic heterocycles. The van der Waals surface area contributed by atoms with E-state index in [-0.39, 0.29) is 5.91 Å². The van der Waals surface area contributed by atoms with E-state index in [9.17, 15) is 4.79 Å². The van der Waals surface area contributed by atoms with Crippen LogP contribution in [-0.2, 0) is 0 Å². The van der Waals surface area contributed by atoms with E-state index in [0.717, 1.165) is 22.2 Å². The summed E-state index contributed by atoms with van der Waals surface area (Å²) in [6.45, 7) is 5.60. The van der Waals surface area contributed by atoms with Crippen LogP contribution in [0.5, 0.6) is 0 Å². The molecule has 0 saturated carbocycles. The van der Waals surface area contributed by atoms with Gasteiger partial charge in [0.2, 0.25) is 5.89 Å². The highest BCUT2D eigenvalue weighted by Gasteiger charge is 2.19. The number of nitrogens with one attached hydrogen (secondary N) is 1. The van der Waals surface area contributed by atoms with Gasteiger partial charge in [0, 0.05) is 10.9 Å². The van der Waals surface area contributed by atoms with Crippen molar-refractivity contribution in [2.45, 2.75) is 26.8 Å². The zero-order valence-electron chi connectivity index (χ0n) is 15.9. The van der Waals surface area contributed by atoms with Gasteiger partial charge in [0.1, 0.15) is 6.04 Å². The Morgan fingerprint density at radius 1 is 1.04 bits per heavy atom. The van der Waals surface area contributed by atoms with Crippen LogP contribution < -0.4 is 5.32 Å². The lowest BCUT2D eigenvalue weighted by atomic mass is 10.0. The number of carbonyl (C=O) groups is 1. The second-order valence-corrected chi connectivity index (χ2v) is 6.81. The van der Waals surface area contributed by atoms with Gasteiger partial charge in [0.25, 0.3) is 5.91 Å². The van der Waals surface area contributed by atoms with E-state index in [4.69, 9.17) is 9.51 Å². The number of carbonyl (C=O) groups excluding carboxylic acids is 1. The first-order chi connectivity index (χ1) is 13.5. The van der Waals surface area contributed by atoms with Crippen molar-refractivity contribution in [2.24, 2.45) is 0 Å². The molecule has 4 aromatic rings. The van der Waals surface area contributed by atoms with Gasteiger partial charge < -0.3 is 9.84 Å². The van der Waals surface area contributed by atoms with E-state index >= 15 is 0 Å². The summed E-state index contributed by atoms with van der Waals surface area (Å²) in [5.74, 6) is 0.699. The molecule has 0 bridgehead atoms. The van der Waals surface area contributed by atoms with Crippen molar-refractivity contribution in [1.82, 2.24) is 20.4 Å². The van der Waals surface area contributed by atoms with Crippen molar-refractivity contribution in [3.63, 3.8) is 0 Å². The highest BCUT2D eigenvalue weighted by atomic mass is 16.5. The number of benzene rings is 2. The van der Waals surface area contributed by atoms with Crippen LogP contribution >= 0.6 is 0 Å². The standard InChI is InChI=1S/C22H20N4O2/c1-13-8-10-16(11-9-13)20-12-18(17-6-4-5-7-19(17)25-20)21(27)23-14(2)22-24-15(3)26-28-22/h4-12,14H,1-3H3,(H,23,27). The van der Waals surface area contributed by atoms with E-state index in [2.05, 4.69) is 15.5 Å². The smallest absolute Gasteiger partial charge is 0.252 e. The minimum atomic E-state index is -0.400. The summed E-state index contributed by atoms with van der Waals surface area (Å²) in [4.78, 5) is 22.0. The number of rotatable bonds is 4. The van der Waals surface area contributed by atoms with Crippen LogP contribution in [0, 0.1) is 13.8 Å². The van der Waals surface area contributed by atoms with E-state index in [1.165, 1.54) is 5.56 Å². The summed E-state index contributed by atoms with van der Waals surface area (Å²) in [7, 11) is 0. The number of aromatic nitrogens is 3. The Labute approximate surface area is 162 Å². The van der Waals surface area contributed by atoms with Crippen molar-refractivity contribution >= 4 is 16.8 Å². The Morgan fingerprint density at radius 2 is 1.79 bits per heavy atom. The normalized spacial score (nSPS) is 12.1. The van der Waals surface area contributed by atoms with Crippen LogP contribution in [0.3, 0.4) is 0 Å². The molecule has 2 aromatic heterocycles. The van der Waals surface area contributed by atoms with Gasteiger partial charge in [-0.25, -0.2) is 4.98 Å². The van der Waals surface area contributed by atoms with E-state index < -0.39 is 6.04 Å². The van der Waals surface area contributed by atoms with E-state index in [0.29, 0.717) is 17.3 Å². The molecular formula is C22H20N4O2. The monoisotopic (exact) mass is 372 g/mol. The fraction of sp³-hybridized carbons (Fsp3) is 0.182. The molecule has 6 nitrogen and oxygen atoms in total. The molecule has 1 N–H and O–H groups in total. The zero-order chi connectivity index (χ0) is 19.7. The van der Waals surface area contributed by atoms with Crippen molar-refractivity contribution in [3.05, 3.63) is 77.4 Å². The summed E-state index contributed by atoms with van der Waals surface area (Å²) < 4.78 is 5.17. The Kier molecular flexibility index (Phi) is 4.61. The maximum absolute atomic E-state index is 13.1. The highest BCUT2D eigenvalue weighted by molar-refractivity contribution is 6.07. The SMILES string of the molecule is Cc1ccc(-c2cc(C(=O)NC(C)c3nc(C)no3)c3ccccc3n2)cc1. The first kappa shape index (κ1) is 17.9. The number of nitrogens with zero attached hydrogens (tertiary/aromatic N) is 3. The van der Waals surface area contributed by atoms with Gasteiger partial charge in [-0.05, 0) is 32.9 Å². The number of hydrogen-bond acceptors (Lipinski definition) is 5. The summed E-state index contributed by atoms with van der Waals surface area (Å²) >= 11 is 0. The lowest BCUT2D eigenvalue weighted by molar-refractivity contribution is 0.0934. The molecule has 1 atom stereocenters. The van der Waals surface area contributed by atoms with Gasteiger partial charge >= 0.3 is 0 Å². The molecule has 0 saturated heterocycles. The van der Waals surface area contributed by atoms with Crippen LogP contribution in [0.4, 0.5) is 0 Å². The average molecular weight is 372 g/mol. The third-order valence-corrected chi connectivity index (χ3v) is 4.57. The van der Waals surface area contributed by atoms with Crippen molar-refractivity contribution in [3.8, 4) is 11.3 Å². The predicted octanol–water partition coefficient (Wildman–Crippen LogP) is 4.39. The predicted molar refractivity (Wildman–Crippen MR) is 107 cm³/mol. The first-order valence-corrected chi connectivity index (χ1v) is 9.09. The molecule has 2 heterocycles. The maximum atomic E-state index is 13.1. The van der Waals surface area contributed by atoms with Crippen LogP contribution in [0.15, 0.2) is 59.1 Å². The molecule has 0 radical (unpaired) electrons. The lowest BCUT2D eigenvalue weighted by Crippen LogP contribution is -2.27. The zero-order valence-corrected chi connectivity index (χ0v) is 15.9. The van der Waals surface area contributed by atoms with Crippen LogP contribution in [0.25, 0.3) is 22.2 Å². The molecule has 4 rings (SSSR count). The Hall–Kier alpha value is -3.54. The summed E-state index contributed by atoms with van der Waals surface area (Å²) in [6.07, 6.45) is 0. The molecule has 28 heavy (non-hydrogen) atoms. The van der Waals surface area contributed by atoms with E-state index in [1.54, 1.807) is 6.92 Å². The van der Waals surface area contributed by atoms with E-state index in [1.807, 2.05) is 68.4 Å². The Morgan fingerprint density at radius 3 is 2.50 bits per heavy atom.